The molecule has 0 fully saturated rings. The molecule has 0 aliphatic rings. The second kappa shape index (κ2) is 9.07. The number of carbonyl (C=O) groups is 3. The van der Waals surface area contributed by atoms with E-state index in [4.69, 9.17) is 0 Å². The normalized spacial score (nSPS) is 10.3. The Bertz CT molecular complexity index is 1030. The van der Waals surface area contributed by atoms with E-state index in [-0.39, 0.29) is 17.8 Å². The van der Waals surface area contributed by atoms with Gasteiger partial charge in [0.1, 0.15) is 10.8 Å². The fourth-order valence-corrected chi connectivity index (χ4v) is 3.22. The van der Waals surface area contributed by atoms with Crippen LogP contribution in [0.1, 0.15) is 26.4 Å². The van der Waals surface area contributed by atoms with Gasteiger partial charge in [0.05, 0.1) is 24.8 Å². The molecule has 1 aromatic heterocycles. The van der Waals surface area contributed by atoms with Gasteiger partial charge in [-0.15, -0.1) is 11.3 Å². The molecule has 0 saturated carbocycles. The third-order valence-electron chi connectivity index (χ3n) is 3.87. The highest BCUT2D eigenvalue weighted by Gasteiger charge is 2.12. The molecule has 2 N–H and O–H groups in total. The molecule has 2 amide bonds. The summed E-state index contributed by atoms with van der Waals surface area (Å²) in [7, 11) is 1.27. The van der Waals surface area contributed by atoms with Crippen LogP contribution in [0.25, 0.3) is 10.6 Å². The van der Waals surface area contributed by atoms with Gasteiger partial charge < -0.3 is 4.74 Å². The monoisotopic (exact) mass is 413 g/mol. The molecule has 0 saturated heterocycles. The van der Waals surface area contributed by atoms with Crippen molar-refractivity contribution in [2.45, 2.75) is 6.42 Å². The lowest BCUT2D eigenvalue weighted by atomic mass is 10.1. The molecule has 148 valence electrons. The summed E-state index contributed by atoms with van der Waals surface area (Å²) in [5.41, 5.74) is 6.49. The van der Waals surface area contributed by atoms with Crippen LogP contribution in [0.3, 0.4) is 0 Å². The van der Waals surface area contributed by atoms with Crippen LogP contribution in [-0.4, -0.2) is 29.9 Å². The number of benzene rings is 2. The quantitative estimate of drug-likeness (QED) is 0.495. The van der Waals surface area contributed by atoms with Crippen LogP contribution in [0.15, 0.2) is 53.9 Å². The number of esters is 1. The maximum absolute atomic E-state index is 13.0. The van der Waals surface area contributed by atoms with E-state index in [2.05, 4.69) is 20.6 Å². The SMILES string of the molecule is COC(=O)c1ccc(C(=O)NNC(=O)Cc2csc(-c3ccc(F)cc3)n2)cc1. The van der Waals surface area contributed by atoms with Crippen molar-refractivity contribution in [1.29, 1.82) is 0 Å². The molecule has 2 aromatic carbocycles. The van der Waals surface area contributed by atoms with Crippen molar-refractivity contribution < 1.29 is 23.5 Å². The van der Waals surface area contributed by atoms with Crippen molar-refractivity contribution >= 4 is 29.1 Å². The molecule has 3 aromatic rings. The third kappa shape index (κ3) is 5.23. The topological polar surface area (TPSA) is 97.4 Å². The van der Waals surface area contributed by atoms with E-state index in [1.807, 2.05) is 0 Å². The van der Waals surface area contributed by atoms with E-state index in [0.717, 1.165) is 5.56 Å². The maximum atomic E-state index is 13.0. The first-order chi connectivity index (χ1) is 14.0. The van der Waals surface area contributed by atoms with Crippen molar-refractivity contribution in [2.24, 2.45) is 0 Å². The van der Waals surface area contributed by atoms with Crippen molar-refractivity contribution in [3.8, 4) is 10.6 Å². The van der Waals surface area contributed by atoms with E-state index in [1.54, 1.807) is 17.5 Å². The minimum atomic E-state index is -0.528. The van der Waals surface area contributed by atoms with E-state index in [1.165, 1.54) is 54.8 Å². The predicted molar refractivity (Wildman–Crippen MR) is 105 cm³/mol. The molecule has 0 radical (unpaired) electrons. The zero-order valence-corrected chi connectivity index (χ0v) is 16.1. The maximum Gasteiger partial charge on any atom is 0.337 e. The first-order valence-electron chi connectivity index (χ1n) is 8.44. The van der Waals surface area contributed by atoms with Gasteiger partial charge in [0.2, 0.25) is 5.91 Å². The fourth-order valence-electron chi connectivity index (χ4n) is 2.40. The van der Waals surface area contributed by atoms with Crippen molar-refractivity contribution in [2.75, 3.05) is 7.11 Å². The van der Waals surface area contributed by atoms with Gasteiger partial charge in [0.15, 0.2) is 0 Å². The number of nitrogens with zero attached hydrogens (tertiary/aromatic N) is 1. The number of carbonyl (C=O) groups excluding carboxylic acids is 3. The number of hydrogen-bond donors (Lipinski definition) is 2. The van der Waals surface area contributed by atoms with Gasteiger partial charge in [0.25, 0.3) is 5.91 Å². The van der Waals surface area contributed by atoms with Crippen LogP contribution in [-0.2, 0) is 16.0 Å². The molecule has 0 atom stereocenters. The van der Waals surface area contributed by atoms with Gasteiger partial charge in [-0.3, -0.25) is 20.4 Å². The minimum absolute atomic E-state index is 0.0285. The Balaban J connectivity index is 1.53. The number of amides is 2. The van der Waals surface area contributed by atoms with Crippen LogP contribution >= 0.6 is 11.3 Å². The summed E-state index contributed by atoms with van der Waals surface area (Å²) in [6, 6.07) is 11.7. The van der Waals surface area contributed by atoms with Crippen LogP contribution < -0.4 is 10.9 Å². The zero-order valence-electron chi connectivity index (χ0n) is 15.3. The van der Waals surface area contributed by atoms with Gasteiger partial charge in [-0.25, -0.2) is 14.2 Å². The van der Waals surface area contributed by atoms with Crippen LogP contribution in [0.5, 0.6) is 0 Å². The average Bonchev–Trinajstić information content (AvgIpc) is 3.20. The van der Waals surface area contributed by atoms with Crippen LogP contribution in [0.2, 0.25) is 0 Å². The highest BCUT2D eigenvalue weighted by molar-refractivity contribution is 7.13. The minimum Gasteiger partial charge on any atom is -0.465 e. The Morgan fingerprint density at radius 2 is 1.66 bits per heavy atom. The smallest absolute Gasteiger partial charge is 0.337 e. The first kappa shape index (κ1) is 20.2. The molecular weight excluding hydrogens is 397 g/mol. The molecule has 0 aliphatic carbocycles. The number of rotatable bonds is 5. The molecule has 29 heavy (non-hydrogen) atoms. The zero-order chi connectivity index (χ0) is 20.8. The number of thiazole rings is 1. The Kier molecular flexibility index (Phi) is 6.30. The molecule has 9 heteroatoms. The Hall–Kier alpha value is -3.59. The molecule has 0 spiro atoms. The number of nitrogens with one attached hydrogen (secondary N) is 2. The molecule has 1 heterocycles. The van der Waals surface area contributed by atoms with E-state index < -0.39 is 17.8 Å². The number of halogens is 1. The van der Waals surface area contributed by atoms with Gasteiger partial charge in [-0.1, -0.05) is 0 Å². The lowest BCUT2D eigenvalue weighted by Crippen LogP contribution is -2.42. The van der Waals surface area contributed by atoms with Crippen molar-refractivity contribution in [3.63, 3.8) is 0 Å². The van der Waals surface area contributed by atoms with Crippen molar-refractivity contribution in [3.05, 3.63) is 76.5 Å². The Morgan fingerprint density at radius 1 is 1.00 bits per heavy atom. The molecule has 3 rings (SSSR count). The number of aromatic nitrogens is 1. The number of ether oxygens (including phenoxy) is 1. The third-order valence-corrected chi connectivity index (χ3v) is 4.81. The standard InChI is InChI=1S/C20H16FN3O4S/c1-28-20(27)14-4-2-12(3-5-14)18(26)24-23-17(25)10-16-11-29-19(22-16)13-6-8-15(21)9-7-13/h2-9,11H,10H2,1H3,(H,23,25)(H,24,26). The van der Waals surface area contributed by atoms with Gasteiger partial charge >= 0.3 is 5.97 Å². The number of methoxy groups -OCH3 is 1. The van der Waals surface area contributed by atoms with Crippen LogP contribution in [0.4, 0.5) is 4.39 Å². The molecule has 0 aliphatic heterocycles. The average molecular weight is 413 g/mol. The molecule has 0 unspecified atom stereocenters. The lowest BCUT2D eigenvalue weighted by Gasteiger charge is -2.07. The van der Waals surface area contributed by atoms with Gasteiger partial charge in [-0.05, 0) is 48.5 Å². The highest BCUT2D eigenvalue weighted by Crippen LogP contribution is 2.24. The van der Waals surface area contributed by atoms with E-state index in [9.17, 15) is 18.8 Å². The second-order valence-electron chi connectivity index (χ2n) is 5.90. The Labute approximate surface area is 169 Å². The summed E-state index contributed by atoms with van der Waals surface area (Å²) < 4.78 is 17.6. The Morgan fingerprint density at radius 3 is 2.31 bits per heavy atom. The molecule has 7 nitrogen and oxygen atoms in total. The second-order valence-corrected chi connectivity index (χ2v) is 6.76. The molecular formula is C20H16FN3O4S. The van der Waals surface area contributed by atoms with Crippen molar-refractivity contribution in [1.82, 2.24) is 15.8 Å². The number of hydrazine groups is 1. The summed E-state index contributed by atoms with van der Waals surface area (Å²) in [6.45, 7) is 0. The highest BCUT2D eigenvalue weighted by atomic mass is 32.1. The van der Waals surface area contributed by atoms with Gasteiger partial charge in [0, 0.05) is 16.5 Å². The van der Waals surface area contributed by atoms with E-state index in [0.29, 0.717) is 16.3 Å². The summed E-state index contributed by atoms with van der Waals surface area (Å²) in [6.07, 6.45) is -0.0285. The van der Waals surface area contributed by atoms with Gasteiger partial charge in [-0.2, -0.15) is 0 Å². The van der Waals surface area contributed by atoms with E-state index >= 15 is 0 Å². The molecule has 0 bridgehead atoms. The summed E-state index contributed by atoms with van der Waals surface area (Å²) in [5.74, 6) is -1.81. The first-order valence-corrected chi connectivity index (χ1v) is 9.32. The predicted octanol–water partition coefficient (Wildman–Crippen LogP) is 2.74. The van der Waals surface area contributed by atoms with Crippen LogP contribution in [0, 0.1) is 5.82 Å². The number of hydrogen-bond acceptors (Lipinski definition) is 6. The summed E-state index contributed by atoms with van der Waals surface area (Å²) >= 11 is 1.34. The fraction of sp³-hybridized carbons (Fsp3) is 0.100. The summed E-state index contributed by atoms with van der Waals surface area (Å²) in [4.78, 5) is 39.9. The summed E-state index contributed by atoms with van der Waals surface area (Å²) in [5, 5.41) is 2.40. The lowest BCUT2D eigenvalue weighted by molar-refractivity contribution is -0.121. The largest absolute Gasteiger partial charge is 0.465 e.